The maximum Gasteiger partial charge on any atom is 0.325 e. The summed E-state index contributed by atoms with van der Waals surface area (Å²) in [6, 6.07) is 7.32. The number of carbonyl (C=O) groups is 2. The van der Waals surface area contributed by atoms with Crippen molar-refractivity contribution in [1.29, 1.82) is 0 Å². The Bertz CT molecular complexity index is 771. The van der Waals surface area contributed by atoms with Crippen LogP contribution in [0.2, 0.25) is 0 Å². The van der Waals surface area contributed by atoms with Crippen molar-refractivity contribution in [2.75, 3.05) is 6.54 Å². The molecule has 1 aliphatic rings. The average molecular weight is 329 g/mol. The van der Waals surface area contributed by atoms with Crippen LogP contribution in [0.15, 0.2) is 29.8 Å². The van der Waals surface area contributed by atoms with E-state index in [0.717, 1.165) is 21.7 Å². The van der Waals surface area contributed by atoms with Crippen LogP contribution in [0.25, 0.3) is 0 Å². The van der Waals surface area contributed by atoms with Crippen LogP contribution in [0, 0.1) is 13.8 Å². The van der Waals surface area contributed by atoms with Crippen molar-refractivity contribution in [2.24, 2.45) is 0 Å². The molecule has 3 rings (SSSR count). The first kappa shape index (κ1) is 15.7. The Balaban J connectivity index is 1.82. The molecule has 0 aliphatic carbocycles. The van der Waals surface area contributed by atoms with Crippen molar-refractivity contribution in [3.05, 3.63) is 51.5 Å². The number of aryl methyl sites for hydroxylation is 2. The van der Waals surface area contributed by atoms with Gasteiger partial charge in [0.1, 0.15) is 5.54 Å². The van der Waals surface area contributed by atoms with Crippen LogP contribution >= 0.6 is 11.3 Å². The second kappa shape index (κ2) is 5.77. The molecular formula is C17H19N3O2S. The number of carbonyl (C=O) groups excluding carboxylic acids is 2. The SMILES string of the molecule is Cc1ccccc1[C@]1(C)NC(=O)N(CCc2scnc2C)C1=O. The second-order valence-electron chi connectivity index (χ2n) is 5.94. The monoisotopic (exact) mass is 329 g/mol. The highest BCUT2D eigenvalue weighted by Crippen LogP contribution is 2.31. The van der Waals surface area contributed by atoms with Gasteiger partial charge in [-0.2, -0.15) is 0 Å². The van der Waals surface area contributed by atoms with Gasteiger partial charge in [0.2, 0.25) is 0 Å². The van der Waals surface area contributed by atoms with Crippen LogP contribution in [0.1, 0.15) is 28.6 Å². The van der Waals surface area contributed by atoms with E-state index < -0.39 is 5.54 Å². The molecule has 1 saturated heterocycles. The van der Waals surface area contributed by atoms with Crippen molar-refractivity contribution >= 4 is 23.3 Å². The van der Waals surface area contributed by atoms with Gasteiger partial charge in [-0.25, -0.2) is 9.78 Å². The Hall–Kier alpha value is -2.21. The quantitative estimate of drug-likeness (QED) is 0.877. The lowest BCUT2D eigenvalue weighted by atomic mass is 9.88. The third-order valence-corrected chi connectivity index (χ3v) is 5.36. The van der Waals surface area contributed by atoms with Crippen molar-refractivity contribution in [3.8, 4) is 0 Å². The molecule has 1 aliphatic heterocycles. The van der Waals surface area contributed by atoms with Gasteiger partial charge in [-0.15, -0.1) is 11.3 Å². The minimum atomic E-state index is -0.995. The lowest BCUT2D eigenvalue weighted by molar-refractivity contribution is -0.131. The fraction of sp³-hybridized carbons (Fsp3) is 0.353. The number of benzene rings is 1. The van der Waals surface area contributed by atoms with Gasteiger partial charge in [0, 0.05) is 17.8 Å². The predicted molar refractivity (Wildman–Crippen MR) is 89.3 cm³/mol. The molecule has 23 heavy (non-hydrogen) atoms. The molecule has 1 fully saturated rings. The number of urea groups is 1. The Kier molecular flexibility index (Phi) is 3.93. The normalized spacial score (nSPS) is 20.9. The number of hydrogen-bond donors (Lipinski definition) is 1. The minimum Gasteiger partial charge on any atom is -0.319 e. The molecule has 0 radical (unpaired) electrons. The van der Waals surface area contributed by atoms with Crippen LogP contribution in [0.5, 0.6) is 0 Å². The van der Waals surface area contributed by atoms with Crippen molar-refractivity contribution in [1.82, 2.24) is 15.2 Å². The molecule has 5 nitrogen and oxygen atoms in total. The molecule has 3 amide bonds. The number of rotatable bonds is 4. The summed E-state index contributed by atoms with van der Waals surface area (Å²) < 4.78 is 0. The van der Waals surface area contributed by atoms with Crippen LogP contribution in [-0.2, 0) is 16.8 Å². The Labute approximate surface area is 139 Å². The predicted octanol–water partition coefficient (Wildman–Crippen LogP) is 2.77. The lowest BCUT2D eigenvalue weighted by Crippen LogP contribution is -2.41. The van der Waals surface area contributed by atoms with Crippen molar-refractivity contribution < 1.29 is 9.59 Å². The van der Waals surface area contributed by atoms with Crippen LogP contribution in [0.3, 0.4) is 0 Å². The molecular weight excluding hydrogens is 310 g/mol. The number of nitrogens with zero attached hydrogens (tertiary/aromatic N) is 2. The largest absolute Gasteiger partial charge is 0.325 e. The molecule has 0 bridgehead atoms. The third-order valence-electron chi connectivity index (χ3n) is 4.37. The van der Waals surface area contributed by atoms with Gasteiger partial charge < -0.3 is 5.32 Å². The topological polar surface area (TPSA) is 62.3 Å². The first-order valence-electron chi connectivity index (χ1n) is 7.52. The second-order valence-corrected chi connectivity index (χ2v) is 6.88. The van der Waals surface area contributed by atoms with E-state index in [4.69, 9.17) is 0 Å². The maximum atomic E-state index is 12.9. The van der Waals surface area contributed by atoms with E-state index in [1.807, 2.05) is 38.1 Å². The van der Waals surface area contributed by atoms with E-state index in [-0.39, 0.29) is 11.9 Å². The van der Waals surface area contributed by atoms with Crippen LogP contribution in [0.4, 0.5) is 4.79 Å². The van der Waals surface area contributed by atoms with Crippen molar-refractivity contribution in [2.45, 2.75) is 32.7 Å². The summed E-state index contributed by atoms with van der Waals surface area (Å²) in [7, 11) is 0. The Morgan fingerprint density at radius 1 is 1.26 bits per heavy atom. The summed E-state index contributed by atoms with van der Waals surface area (Å²) in [5.41, 5.74) is 3.58. The van der Waals surface area contributed by atoms with Gasteiger partial charge in [-0.3, -0.25) is 9.69 Å². The molecule has 1 atom stereocenters. The fourth-order valence-corrected chi connectivity index (χ4v) is 3.77. The Morgan fingerprint density at radius 3 is 2.65 bits per heavy atom. The van der Waals surface area contributed by atoms with Crippen LogP contribution in [-0.4, -0.2) is 28.4 Å². The van der Waals surface area contributed by atoms with Gasteiger partial charge in [-0.1, -0.05) is 24.3 Å². The molecule has 0 unspecified atom stereocenters. The summed E-state index contributed by atoms with van der Waals surface area (Å²) in [5.74, 6) is -0.195. The number of hydrogen-bond acceptors (Lipinski definition) is 4. The van der Waals surface area contributed by atoms with Gasteiger partial charge in [0.05, 0.1) is 11.2 Å². The van der Waals surface area contributed by atoms with E-state index in [9.17, 15) is 9.59 Å². The molecule has 2 aromatic rings. The van der Waals surface area contributed by atoms with E-state index in [1.54, 1.807) is 23.8 Å². The smallest absolute Gasteiger partial charge is 0.319 e. The first-order valence-corrected chi connectivity index (χ1v) is 8.40. The summed E-state index contributed by atoms with van der Waals surface area (Å²) in [6.45, 7) is 6.03. The summed E-state index contributed by atoms with van der Waals surface area (Å²) in [6.07, 6.45) is 0.638. The molecule has 2 heterocycles. The van der Waals surface area contributed by atoms with Crippen LogP contribution < -0.4 is 5.32 Å². The van der Waals surface area contributed by atoms with Gasteiger partial charge >= 0.3 is 6.03 Å². The van der Waals surface area contributed by atoms with Gasteiger partial charge in [-0.05, 0) is 31.9 Å². The maximum absolute atomic E-state index is 12.9. The van der Waals surface area contributed by atoms with E-state index in [0.29, 0.717) is 13.0 Å². The summed E-state index contributed by atoms with van der Waals surface area (Å²) >= 11 is 1.55. The number of imide groups is 1. The van der Waals surface area contributed by atoms with E-state index >= 15 is 0 Å². The van der Waals surface area contributed by atoms with E-state index in [1.165, 1.54) is 4.90 Å². The lowest BCUT2D eigenvalue weighted by Gasteiger charge is -2.24. The molecule has 1 N–H and O–H groups in total. The number of thiazole rings is 1. The molecule has 0 saturated carbocycles. The Morgan fingerprint density at radius 2 is 2.00 bits per heavy atom. The number of aromatic nitrogens is 1. The zero-order chi connectivity index (χ0) is 16.6. The molecule has 1 aromatic carbocycles. The number of nitrogens with one attached hydrogen (secondary N) is 1. The van der Waals surface area contributed by atoms with Gasteiger partial charge in [0.15, 0.2) is 0 Å². The zero-order valence-electron chi connectivity index (χ0n) is 13.4. The highest BCUT2D eigenvalue weighted by atomic mass is 32.1. The van der Waals surface area contributed by atoms with Crippen molar-refractivity contribution in [3.63, 3.8) is 0 Å². The highest BCUT2D eigenvalue weighted by Gasteiger charge is 2.49. The van der Waals surface area contributed by atoms with Gasteiger partial charge in [0.25, 0.3) is 5.91 Å². The molecule has 120 valence electrons. The molecule has 6 heteroatoms. The molecule has 0 spiro atoms. The minimum absolute atomic E-state index is 0.195. The fourth-order valence-electron chi connectivity index (χ4n) is 3.00. The first-order chi connectivity index (χ1) is 10.9. The standard InChI is InChI=1S/C17H19N3O2S/c1-11-6-4-5-7-13(11)17(3)15(21)20(16(22)19-17)9-8-14-12(2)18-10-23-14/h4-7,10H,8-9H2,1-3H3,(H,19,22)/t17-/m0/s1. The summed E-state index contributed by atoms with van der Waals surface area (Å²) in [4.78, 5) is 31.8. The van der Waals surface area contributed by atoms with E-state index in [2.05, 4.69) is 10.3 Å². The molecule has 1 aromatic heterocycles. The summed E-state index contributed by atoms with van der Waals surface area (Å²) in [5, 5.41) is 2.86. The zero-order valence-corrected chi connectivity index (χ0v) is 14.2. The number of amides is 3. The highest BCUT2D eigenvalue weighted by molar-refractivity contribution is 7.09. The third kappa shape index (κ3) is 2.63. The average Bonchev–Trinajstić information content (AvgIpc) is 3.01.